The Morgan fingerprint density at radius 1 is 1.05 bits per heavy atom. The van der Waals surface area contributed by atoms with Crippen molar-refractivity contribution in [3.8, 4) is 5.75 Å². The van der Waals surface area contributed by atoms with E-state index < -0.39 is 0 Å². The van der Waals surface area contributed by atoms with Crippen molar-refractivity contribution in [3.63, 3.8) is 0 Å². The van der Waals surface area contributed by atoms with Crippen LogP contribution in [0.15, 0.2) is 47.3 Å². The number of carbonyl (C=O) groups is 1. The third-order valence-electron chi connectivity index (χ3n) is 8.00. The third-order valence-corrected chi connectivity index (χ3v) is 8.22. The summed E-state index contributed by atoms with van der Waals surface area (Å²) in [7, 11) is 3.60. The molecule has 0 spiro atoms. The third kappa shape index (κ3) is 10.1. The molecule has 0 atom stereocenters. The van der Waals surface area contributed by atoms with Crippen LogP contribution in [0.25, 0.3) is 0 Å². The second-order valence-electron chi connectivity index (χ2n) is 11.3. The van der Waals surface area contributed by atoms with Crippen LogP contribution in [-0.4, -0.2) is 50.8 Å². The molecule has 0 unspecified atom stereocenters. The van der Waals surface area contributed by atoms with E-state index in [4.69, 9.17) is 21.1 Å². The molecule has 9 heteroatoms. The number of pyridine rings is 1. The highest BCUT2D eigenvalue weighted by Gasteiger charge is 2.24. The maximum atomic E-state index is 13.0. The lowest BCUT2D eigenvalue weighted by atomic mass is 9.93. The molecule has 1 amide bonds. The van der Waals surface area contributed by atoms with E-state index >= 15 is 0 Å². The highest BCUT2D eigenvalue weighted by atomic mass is 35.5. The summed E-state index contributed by atoms with van der Waals surface area (Å²) >= 11 is 6.43. The zero-order chi connectivity index (χ0) is 32.1. The molecule has 8 nitrogen and oxygen atoms in total. The number of hydrogen-bond acceptors (Lipinski definition) is 6. The van der Waals surface area contributed by atoms with Gasteiger partial charge in [0.25, 0.3) is 5.91 Å². The minimum atomic E-state index is -0.213. The van der Waals surface area contributed by atoms with E-state index in [0.29, 0.717) is 35.4 Å². The van der Waals surface area contributed by atoms with Gasteiger partial charge in [0, 0.05) is 72.1 Å². The fourth-order valence-electron chi connectivity index (χ4n) is 5.77. The lowest BCUT2D eigenvalue weighted by Crippen LogP contribution is -2.37. The van der Waals surface area contributed by atoms with Gasteiger partial charge in [0.2, 0.25) is 0 Å². The van der Waals surface area contributed by atoms with Gasteiger partial charge in [0.05, 0.1) is 6.61 Å². The predicted molar refractivity (Wildman–Crippen MR) is 180 cm³/mol. The smallest absolute Gasteiger partial charge is 0.251 e. The van der Waals surface area contributed by atoms with Gasteiger partial charge in [-0.25, -0.2) is 0 Å². The van der Waals surface area contributed by atoms with Gasteiger partial charge in [0.15, 0.2) is 5.43 Å². The zero-order valence-corrected chi connectivity index (χ0v) is 27.9. The molecule has 3 N–H and O–H groups in total. The highest BCUT2D eigenvalue weighted by molar-refractivity contribution is 6.31. The van der Waals surface area contributed by atoms with Crippen molar-refractivity contribution in [2.24, 2.45) is 0 Å². The fraction of sp³-hybridized carbons (Fsp3) is 0.486. The molecular weight excluding hydrogens is 576 g/mol. The van der Waals surface area contributed by atoms with Crippen LogP contribution in [0.1, 0.15) is 77.5 Å². The Morgan fingerprint density at radius 3 is 2.45 bits per heavy atom. The van der Waals surface area contributed by atoms with Gasteiger partial charge in [-0.05, 0) is 83.0 Å². The molecule has 0 saturated heterocycles. The largest absolute Gasteiger partial charge is 0.491 e. The fourth-order valence-corrected chi connectivity index (χ4v) is 5.98. The molecule has 2 aromatic carbocycles. The van der Waals surface area contributed by atoms with E-state index in [1.54, 1.807) is 19.2 Å². The molecule has 1 aromatic heterocycles. The number of methoxy groups -OCH3 is 1. The Labute approximate surface area is 267 Å². The quantitative estimate of drug-likeness (QED) is 0.200. The van der Waals surface area contributed by atoms with Crippen molar-refractivity contribution in [3.05, 3.63) is 91.4 Å². The van der Waals surface area contributed by atoms with Gasteiger partial charge >= 0.3 is 0 Å². The first-order chi connectivity index (χ1) is 21.2. The molecule has 44 heavy (non-hydrogen) atoms. The number of rotatable bonds is 12. The maximum absolute atomic E-state index is 13.0. The van der Waals surface area contributed by atoms with Crippen LogP contribution in [-0.2, 0) is 17.8 Å². The molecule has 1 saturated carbocycles. The van der Waals surface area contributed by atoms with Gasteiger partial charge in [0.1, 0.15) is 12.4 Å². The number of hydrogen-bond donors (Lipinski definition) is 3. The van der Waals surface area contributed by atoms with Gasteiger partial charge in [-0.2, -0.15) is 0 Å². The number of aromatic amines is 1. The molecule has 0 aliphatic heterocycles. The summed E-state index contributed by atoms with van der Waals surface area (Å²) in [5.74, 6) is 0.685. The number of carbonyl (C=O) groups excluding carboxylic acids is 1. The number of anilines is 1. The second kappa shape index (κ2) is 17.8. The highest BCUT2D eigenvalue weighted by Crippen LogP contribution is 2.33. The molecule has 1 aliphatic rings. The van der Waals surface area contributed by atoms with E-state index in [9.17, 15) is 9.59 Å². The van der Waals surface area contributed by atoms with Crippen LogP contribution in [0.2, 0.25) is 5.02 Å². The summed E-state index contributed by atoms with van der Waals surface area (Å²) in [5.41, 5.74) is 5.84. The average Bonchev–Trinajstić information content (AvgIpc) is 3.00. The number of nitrogens with zero attached hydrogens (tertiary/aromatic N) is 1. The van der Waals surface area contributed by atoms with Crippen molar-refractivity contribution in [1.82, 2.24) is 15.6 Å². The first-order valence-corrected chi connectivity index (χ1v) is 16.0. The Kier molecular flexibility index (Phi) is 14.2. The van der Waals surface area contributed by atoms with Crippen molar-refractivity contribution < 1.29 is 14.3 Å². The summed E-state index contributed by atoms with van der Waals surface area (Å²) in [6.07, 6.45) is 6.15. The van der Waals surface area contributed by atoms with Gasteiger partial charge < -0.3 is 30.0 Å². The molecule has 4 rings (SSSR count). The summed E-state index contributed by atoms with van der Waals surface area (Å²) in [6, 6.07) is 13.8. The molecule has 1 fully saturated rings. The minimum Gasteiger partial charge on any atom is -0.491 e. The van der Waals surface area contributed by atoms with Crippen molar-refractivity contribution in [2.45, 2.75) is 78.9 Å². The van der Waals surface area contributed by atoms with Gasteiger partial charge in [-0.1, -0.05) is 43.0 Å². The summed E-state index contributed by atoms with van der Waals surface area (Å²) < 4.78 is 10.4. The Morgan fingerprint density at radius 2 is 1.80 bits per heavy atom. The second-order valence-corrected chi connectivity index (χ2v) is 11.7. The number of aryl methyl sites for hydroxylation is 2. The van der Waals surface area contributed by atoms with E-state index in [1.165, 1.54) is 37.7 Å². The Balaban J connectivity index is 0.000000317. The monoisotopic (exact) mass is 624 g/mol. The number of nitrogens with one attached hydrogen (secondary N) is 3. The molecule has 240 valence electrons. The van der Waals surface area contributed by atoms with Crippen molar-refractivity contribution in [1.29, 1.82) is 0 Å². The van der Waals surface area contributed by atoms with Crippen LogP contribution in [0.3, 0.4) is 0 Å². The number of benzene rings is 2. The summed E-state index contributed by atoms with van der Waals surface area (Å²) in [5, 5.41) is 6.57. The van der Waals surface area contributed by atoms with Crippen molar-refractivity contribution in [2.75, 3.05) is 38.8 Å². The summed E-state index contributed by atoms with van der Waals surface area (Å²) in [6.45, 7) is 11.0. The maximum Gasteiger partial charge on any atom is 0.251 e. The van der Waals surface area contributed by atoms with Crippen LogP contribution >= 0.6 is 11.6 Å². The van der Waals surface area contributed by atoms with Crippen LogP contribution in [0.4, 0.5) is 5.69 Å². The van der Waals surface area contributed by atoms with E-state index in [2.05, 4.69) is 33.5 Å². The van der Waals surface area contributed by atoms with Crippen molar-refractivity contribution >= 4 is 23.2 Å². The zero-order valence-electron chi connectivity index (χ0n) is 27.1. The number of H-pyrrole nitrogens is 1. The van der Waals surface area contributed by atoms with Crippen LogP contribution < -0.4 is 25.7 Å². The minimum absolute atomic E-state index is 0.0676. The Hall–Kier alpha value is -3.33. The molecule has 3 aromatic rings. The van der Waals surface area contributed by atoms with E-state index in [-0.39, 0.29) is 17.9 Å². The molecule has 0 bridgehead atoms. The molecule has 0 radical (unpaired) electrons. The molecule has 1 heterocycles. The van der Waals surface area contributed by atoms with Gasteiger partial charge in [-0.15, -0.1) is 0 Å². The number of halogens is 1. The molecule has 1 aliphatic carbocycles. The SMILES string of the molecule is CCN(c1cc(Cl)cc(C(=O)NCc2c(C)[nH]c(C)cc2=O)c1C)C1CCCCC1.CNCc1cccc(OCCOC)c1. The lowest BCUT2D eigenvalue weighted by Gasteiger charge is -2.36. The first kappa shape index (κ1) is 35.2. The van der Waals surface area contributed by atoms with Crippen LogP contribution in [0.5, 0.6) is 5.75 Å². The number of aromatic nitrogens is 1. The normalized spacial score (nSPS) is 13.2. The topological polar surface area (TPSA) is 95.7 Å². The number of ether oxygens (including phenoxy) is 2. The summed E-state index contributed by atoms with van der Waals surface area (Å²) in [4.78, 5) is 30.9. The standard InChI is InChI=1S/C24H32ClN3O2.C11H17NO2/c1-5-28(19-9-7-6-8-10-19)22-13-18(25)12-20(16(22)3)24(30)26-14-21-17(4)27-15(2)11-23(21)29;1-12-9-10-4-3-5-11(8-10)14-7-6-13-2/h11-13,19H,5-10,14H2,1-4H3,(H,26,30)(H,27,29);3-5,8,12H,6-7,9H2,1-2H3. The molecular formula is C35H49ClN4O4. The predicted octanol–water partition coefficient (Wildman–Crippen LogP) is 6.47. The van der Waals surface area contributed by atoms with E-state index in [0.717, 1.165) is 41.5 Å². The van der Waals surface area contributed by atoms with E-state index in [1.807, 2.05) is 52.1 Å². The number of amides is 1. The van der Waals surface area contributed by atoms with Gasteiger partial charge in [-0.3, -0.25) is 9.59 Å². The Bertz CT molecular complexity index is 1420. The van der Waals surface area contributed by atoms with Crippen LogP contribution in [0, 0.1) is 20.8 Å². The average molecular weight is 625 g/mol. The first-order valence-electron chi connectivity index (χ1n) is 15.6. The lowest BCUT2D eigenvalue weighted by molar-refractivity contribution is 0.0950.